The van der Waals surface area contributed by atoms with Gasteiger partial charge in [0.1, 0.15) is 5.75 Å². The average molecular weight is 277 g/mol. The number of likely N-dealkylation sites (N-methyl/N-ethyl adjacent to an activating group) is 1. The van der Waals surface area contributed by atoms with E-state index < -0.39 is 0 Å². The third-order valence-electron chi connectivity index (χ3n) is 4.14. The normalized spacial score (nSPS) is 19.0. The van der Waals surface area contributed by atoms with Gasteiger partial charge in [0.05, 0.1) is 7.11 Å². The van der Waals surface area contributed by atoms with Crippen LogP contribution in [-0.4, -0.2) is 49.6 Å². The molecular weight excluding hydrogens is 250 g/mol. The molecule has 1 aliphatic rings. The lowest BCUT2D eigenvalue weighted by molar-refractivity contribution is 0.131. The predicted molar refractivity (Wildman–Crippen MR) is 83.0 cm³/mol. The average Bonchev–Trinajstić information content (AvgIpc) is 2.48. The van der Waals surface area contributed by atoms with Crippen molar-refractivity contribution in [1.82, 2.24) is 9.80 Å². The molecule has 1 aliphatic heterocycles. The largest absolute Gasteiger partial charge is 0.496 e. The first kappa shape index (κ1) is 15.3. The predicted octanol–water partition coefficient (Wildman–Crippen LogP) is 1.85. The number of piperazine rings is 1. The highest BCUT2D eigenvalue weighted by molar-refractivity contribution is 5.38. The molecule has 2 rings (SSSR count). The Morgan fingerprint density at radius 1 is 1.20 bits per heavy atom. The fourth-order valence-corrected chi connectivity index (χ4v) is 2.71. The summed E-state index contributed by atoms with van der Waals surface area (Å²) in [6, 6.07) is 6.35. The molecule has 1 saturated heterocycles. The number of benzene rings is 1. The van der Waals surface area contributed by atoms with E-state index >= 15 is 0 Å². The van der Waals surface area contributed by atoms with Gasteiger partial charge in [0.15, 0.2) is 0 Å². The minimum Gasteiger partial charge on any atom is -0.496 e. The smallest absolute Gasteiger partial charge is 0.123 e. The summed E-state index contributed by atoms with van der Waals surface area (Å²) in [4.78, 5) is 4.99. The van der Waals surface area contributed by atoms with Gasteiger partial charge in [-0.1, -0.05) is 13.0 Å². The van der Waals surface area contributed by atoms with E-state index in [9.17, 15) is 0 Å². The SMILES string of the molecule is CCN1CCN(Cc2cc(C(C)N)ccc2OC)CC1. The number of nitrogens with zero attached hydrogens (tertiary/aromatic N) is 2. The molecule has 0 aromatic heterocycles. The lowest BCUT2D eigenvalue weighted by Crippen LogP contribution is -2.45. The van der Waals surface area contributed by atoms with Crippen molar-refractivity contribution < 1.29 is 4.74 Å². The molecule has 1 fully saturated rings. The fourth-order valence-electron chi connectivity index (χ4n) is 2.71. The molecule has 0 saturated carbocycles. The quantitative estimate of drug-likeness (QED) is 0.892. The molecule has 0 bridgehead atoms. The van der Waals surface area contributed by atoms with Gasteiger partial charge < -0.3 is 15.4 Å². The van der Waals surface area contributed by atoms with Crippen LogP contribution in [0.1, 0.15) is 31.0 Å². The molecule has 1 heterocycles. The number of ether oxygens (including phenoxy) is 1. The van der Waals surface area contributed by atoms with Crippen molar-refractivity contribution in [3.05, 3.63) is 29.3 Å². The summed E-state index contributed by atoms with van der Waals surface area (Å²) >= 11 is 0. The maximum absolute atomic E-state index is 5.98. The molecule has 0 aliphatic carbocycles. The summed E-state index contributed by atoms with van der Waals surface area (Å²) in [6.07, 6.45) is 0. The maximum atomic E-state index is 5.98. The van der Waals surface area contributed by atoms with Gasteiger partial charge in [0.2, 0.25) is 0 Å². The summed E-state index contributed by atoms with van der Waals surface area (Å²) < 4.78 is 5.49. The van der Waals surface area contributed by atoms with E-state index in [1.807, 2.05) is 13.0 Å². The molecule has 0 spiro atoms. The van der Waals surface area contributed by atoms with E-state index in [-0.39, 0.29) is 6.04 Å². The van der Waals surface area contributed by atoms with E-state index in [1.165, 1.54) is 11.1 Å². The summed E-state index contributed by atoms with van der Waals surface area (Å²) in [5.74, 6) is 0.965. The minimum atomic E-state index is 0.0663. The van der Waals surface area contributed by atoms with Crippen LogP contribution in [0.5, 0.6) is 5.75 Å². The van der Waals surface area contributed by atoms with Gasteiger partial charge in [0.25, 0.3) is 0 Å². The molecule has 2 N–H and O–H groups in total. The molecule has 4 heteroatoms. The zero-order valence-corrected chi connectivity index (χ0v) is 12.9. The van der Waals surface area contributed by atoms with Crippen molar-refractivity contribution >= 4 is 0 Å². The topological polar surface area (TPSA) is 41.7 Å². The zero-order chi connectivity index (χ0) is 14.5. The van der Waals surface area contributed by atoms with Gasteiger partial charge >= 0.3 is 0 Å². The molecular formula is C16H27N3O. The first-order chi connectivity index (χ1) is 9.63. The summed E-state index contributed by atoms with van der Waals surface area (Å²) in [5, 5.41) is 0. The number of rotatable bonds is 5. The van der Waals surface area contributed by atoms with E-state index in [2.05, 4.69) is 28.9 Å². The zero-order valence-electron chi connectivity index (χ0n) is 12.9. The van der Waals surface area contributed by atoms with Gasteiger partial charge in [-0.05, 0) is 31.2 Å². The Balaban J connectivity index is 2.06. The monoisotopic (exact) mass is 277 g/mol. The molecule has 1 unspecified atom stereocenters. The van der Waals surface area contributed by atoms with E-state index in [0.717, 1.165) is 45.0 Å². The van der Waals surface area contributed by atoms with Crippen LogP contribution < -0.4 is 10.5 Å². The van der Waals surface area contributed by atoms with Crippen molar-refractivity contribution in [2.75, 3.05) is 39.8 Å². The van der Waals surface area contributed by atoms with Gasteiger partial charge in [-0.15, -0.1) is 0 Å². The molecule has 4 nitrogen and oxygen atoms in total. The van der Waals surface area contributed by atoms with Crippen molar-refractivity contribution in [3.63, 3.8) is 0 Å². The molecule has 20 heavy (non-hydrogen) atoms. The highest BCUT2D eigenvalue weighted by Crippen LogP contribution is 2.24. The summed E-state index contributed by atoms with van der Waals surface area (Å²) in [7, 11) is 1.74. The first-order valence-electron chi connectivity index (χ1n) is 7.51. The van der Waals surface area contributed by atoms with Crippen LogP contribution in [0, 0.1) is 0 Å². The number of nitrogens with two attached hydrogens (primary N) is 1. The first-order valence-corrected chi connectivity index (χ1v) is 7.51. The maximum Gasteiger partial charge on any atom is 0.123 e. The van der Waals surface area contributed by atoms with Crippen LogP contribution in [0.4, 0.5) is 0 Å². The van der Waals surface area contributed by atoms with Gasteiger partial charge in [-0.2, -0.15) is 0 Å². The van der Waals surface area contributed by atoms with Gasteiger partial charge in [-0.25, -0.2) is 0 Å². The molecule has 1 aromatic rings. The van der Waals surface area contributed by atoms with Crippen LogP contribution >= 0.6 is 0 Å². The van der Waals surface area contributed by atoms with Crippen molar-refractivity contribution in [2.24, 2.45) is 5.73 Å². The Morgan fingerprint density at radius 3 is 2.40 bits per heavy atom. The molecule has 1 atom stereocenters. The summed E-state index contributed by atoms with van der Waals surface area (Å²) in [5.41, 5.74) is 8.40. The van der Waals surface area contributed by atoms with Crippen LogP contribution in [0.15, 0.2) is 18.2 Å². The molecule has 0 amide bonds. The Hall–Kier alpha value is -1.10. The fraction of sp³-hybridized carbons (Fsp3) is 0.625. The van der Waals surface area contributed by atoms with Crippen LogP contribution in [0.25, 0.3) is 0 Å². The number of hydrogen-bond donors (Lipinski definition) is 1. The van der Waals surface area contributed by atoms with Crippen molar-refractivity contribution in [1.29, 1.82) is 0 Å². The Bertz CT molecular complexity index is 426. The highest BCUT2D eigenvalue weighted by atomic mass is 16.5. The second-order valence-corrected chi connectivity index (χ2v) is 5.57. The van der Waals surface area contributed by atoms with Crippen LogP contribution in [-0.2, 0) is 6.54 Å². The second-order valence-electron chi connectivity index (χ2n) is 5.57. The lowest BCUT2D eigenvalue weighted by atomic mass is 10.0. The van der Waals surface area contributed by atoms with E-state index in [1.54, 1.807) is 7.11 Å². The minimum absolute atomic E-state index is 0.0663. The van der Waals surface area contributed by atoms with Crippen molar-refractivity contribution in [2.45, 2.75) is 26.4 Å². The Labute approximate surface area is 122 Å². The van der Waals surface area contributed by atoms with Gasteiger partial charge in [-0.3, -0.25) is 4.90 Å². The Morgan fingerprint density at radius 2 is 1.85 bits per heavy atom. The third-order valence-corrected chi connectivity index (χ3v) is 4.14. The molecule has 112 valence electrons. The van der Waals surface area contributed by atoms with Crippen LogP contribution in [0.3, 0.4) is 0 Å². The third kappa shape index (κ3) is 3.72. The van der Waals surface area contributed by atoms with Crippen LogP contribution in [0.2, 0.25) is 0 Å². The van der Waals surface area contributed by atoms with Gasteiger partial charge in [0, 0.05) is 44.3 Å². The summed E-state index contributed by atoms with van der Waals surface area (Å²) in [6.45, 7) is 10.9. The van der Waals surface area contributed by atoms with E-state index in [0.29, 0.717) is 0 Å². The number of methoxy groups -OCH3 is 1. The van der Waals surface area contributed by atoms with E-state index in [4.69, 9.17) is 10.5 Å². The molecule has 1 aromatic carbocycles. The lowest BCUT2D eigenvalue weighted by Gasteiger charge is -2.34. The highest BCUT2D eigenvalue weighted by Gasteiger charge is 2.17. The second kappa shape index (κ2) is 7.07. The molecule has 0 radical (unpaired) electrons. The van der Waals surface area contributed by atoms with Crippen molar-refractivity contribution in [3.8, 4) is 5.75 Å². The Kier molecular flexibility index (Phi) is 5.40. The standard InChI is InChI=1S/C16H27N3O/c1-4-18-7-9-19(10-8-18)12-15-11-14(13(2)17)5-6-16(15)20-3/h5-6,11,13H,4,7-10,12,17H2,1-3H3. The number of hydrogen-bond acceptors (Lipinski definition) is 4.